The standard InChI is InChI=1S/C12H12N4O3/c1-18-11-9(13)12(16-6-15-11)19-8-4-2-3-7(5-8)10(14)17/h2-6H,13H2,1H3,(H2,14,17). The molecule has 7 heteroatoms. The zero-order chi connectivity index (χ0) is 13.8. The maximum Gasteiger partial charge on any atom is 0.249 e. The van der Waals surface area contributed by atoms with Gasteiger partial charge in [0.2, 0.25) is 17.7 Å². The predicted octanol–water partition coefficient (Wildman–Crippen LogP) is 0.959. The Morgan fingerprint density at radius 3 is 2.68 bits per heavy atom. The first-order valence-electron chi connectivity index (χ1n) is 5.34. The van der Waals surface area contributed by atoms with Crippen molar-refractivity contribution in [2.75, 3.05) is 12.8 Å². The second-order valence-corrected chi connectivity index (χ2v) is 3.60. The van der Waals surface area contributed by atoms with E-state index in [0.717, 1.165) is 0 Å². The number of hydrogen-bond acceptors (Lipinski definition) is 6. The van der Waals surface area contributed by atoms with Crippen molar-refractivity contribution >= 4 is 11.6 Å². The van der Waals surface area contributed by atoms with E-state index in [1.165, 1.54) is 19.5 Å². The van der Waals surface area contributed by atoms with E-state index in [1.807, 2.05) is 0 Å². The molecule has 0 aliphatic carbocycles. The van der Waals surface area contributed by atoms with Crippen LogP contribution in [0.2, 0.25) is 0 Å². The van der Waals surface area contributed by atoms with E-state index in [4.69, 9.17) is 20.9 Å². The summed E-state index contributed by atoms with van der Waals surface area (Å²) >= 11 is 0. The Labute approximate surface area is 109 Å². The highest BCUT2D eigenvalue weighted by Gasteiger charge is 2.11. The fraction of sp³-hybridized carbons (Fsp3) is 0.0833. The van der Waals surface area contributed by atoms with Crippen LogP contribution in [0.5, 0.6) is 17.5 Å². The highest BCUT2D eigenvalue weighted by Crippen LogP contribution is 2.30. The van der Waals surface area contributed by atoms with Gasteiger partial charge in [0.1, 0.15) is 12.1 Å². The van der Waals surface area contributed by atoms with Crippen molar-refractivity contribution in [1.29, 1.82) is 0 Å². The molecule has 0 atom stereocenters. The van der Waals surface area contributed by atoms with Crippen molar-refractivity contribution in [3.8, 4) is 17.5 Å². The van der Waals surface area contributed by atoms with Gasteiger partial charge in [0.15, 0.2) is 5.69 Å². The Morgan fingerprint density at radius 1 is 1.26 bits per heavy atom. The van der Waals surface area contributed by atoms with Gasteiger partial charge in [-0.25, -0.2) is 0 Å². The topological polar surface area (TPSA) is 113 Å². The Balaban J connectivity index is 2.31. The maximum absolute atomic E-state index is 11.1. The first-order chi connectivity index (χ1) is 9.11. The Hall–Kier alpha value is -2.83. The summed E-state index contributed by atoms with van der Waals surface area (Å²) < 4.78 is 10.4. The normalized spacial score (nSPS) is 9.95. The number of carbonyl (C=O) groups excluding carboxylic acids is 1. The molecule has 1 heterocycles. The third-order valence-electron chi connectivity index (χ3n) is 2.34. The molecular formula is C12H12N4O3. The predicted molar refractivity (Wildman–Crippen MR) is 68.0 cm³/mol. The minimum absolute atomic E-state index is 0.147. The summed E-state index contributed by atoms with van der Waals surface area (Å²) in [5.74, 6) is 0.215. The lowest BCUT2D eigenvalue weighted by atomic mass is 10.2. The van der Waals surface area contributed by atoms with Crippen molar-refractivity contribution in [2.24, 2.45) is 5.73 Å². The maximum atomic E-state index is 11.1. The molecule has 0 fully saturated rings. The molecule has 7 nitrogen and oxygen atoms in total. The van der Waals surface area contributed by atoms with E-state index in [0.29, 0.717) is 11.3 Å². The molecular weight excluding hydrogens is 248 g/mol. The molecule has 0 aliphatic rings. The molecule has 4 N–H and O–H groups in total. The summed E-state index contributed by atoms with van der Waals surface area (Å²) in [5, 5.41) is 0. The third kappa shape index (κ3) is 2.71. The van der Waals surface area contributed by atoms with E-state index < -0.39 is 5.91 Å². The van der Waals surface area contributed by atoms with Gasteiger partial charge in [0.05, 0.1) is 7.11 Å². The number of anilines is 1. The number of carbonyl (C=O) groups is 1. The lowest BCUT2D eigenvalue weighted by Gasteiger charge is -2.09. The molecule has 2 rings (SSSR count). The molecule has 0 bridgehead atoms. The summed E-state index contributed by atoms with van der Waals surface area (Å²) in [4.78, 5) is 18.8. The third-order valence-corrected chi connectivity index (χ3v) is 2.34. The van der Waals surface area contributed by atoms with Crippen molar-refractivity contribution < 1.29 is 14.3 Å². The van der Waals surface area contributed by atoms with Gasteiger partial charge in [-0.05, 0) is 18.2 Å². The van der Waals surface area contributed by atoms with E-state index in [9.17, 15) is 4.79 Å². The van der Waals surface area contributed by atoms with Crippen LogP contribution >= 0.6 is 0 Å². The molecule has 98 valence electrons. The highest BCUT2D eigenvalue weighted by molar-refractivity contribution is 5.93. The first kappa shape index (κ1) is 12.6. The van der Waals surface area contributed by atoms with Crippen LogP contribution in [0.4, 0.5) is 5.69 Å². The lowest BCUT2D eigenvalue weighted by molar-refractivity contribution is 0.1000. The largest absolute Gasteiger partial charge is 0.479 e. The second-order valence-electron chi connectivity index (χ2n) is 3.60. The number of amides is 1. The van der Waals surface area contributed by atoms with Crippen LogP contribution in [0.1, 0.15) is 10.4 Å². The van der Waals surface area contributed by atoms with Crippen molar-refractivity contribution in [2.45, 2.75) is 0 Å². The Kier molecular flexibility index (Phi) is 3.46. The molecule has 0 spiro atoms. The van der Waals surface area contributed by atoms with Crippen LogP contribution in [-0.4, -0.2) is 23.0 Å². The lowest BCUT2D eigenvalue weighted by Crippen LogP contribution is -2.10. The van der Waals surface area contributed by atoms with Crippen molar-refractivity contribution in [1.82, 2.24) is 9.97 Å². The molecule has 1 amide bonds. The molecule has 0 saturated heterocycles. The van der Waals surface area contributed by atoms with Crippen LogP contribution < -0.4 is 20.9 Å². The zero-order valence-electron chi connectivity index (χ0n) is 10.2. The van der Waals surface area contributed by atoms with Gasteiger partial charge in [0, 0.05) is 5.56 Å². The summed E-state index contributed by atoms with van der Waals surface area (Å²) in [7, 11) is 1.44. The fourth-order valence-corrected chi connectivity index (χ4v) is 1.43. The molecule has 0 saturated carbocycles. The molecule has 0 aliphatic heterocycles. The summed E-state index contributed by atoms with van der Waals surface area (Å²) in [6.45, 7) is 0. The number of benzene rings is 1. The number of primary amides is 1. The molecule has 1 aromatic heterocycles. The Morgan fingerprint density at radius 2 is 2.00 bits per heavy atom. The summed E-state index contributed by atoms with van der Waals surface area (Å²) in [6.07, 6.45) is 1.27. The van der Waals surface area contributed by atoms with Crippen LogP contribution in [0, 0.1) is 0 Å². The minimum atomic E-state index is -0.543. The molecule has 0 unspecified atom stereocenters. The first-order valence-corrected chi connectivity index (χ1v) is 5.34. The zero-order valence-corrected chi connectivity index (χ0v) is 10.2. The van der Waals surface area contributed by atoms with Gasteiger partial charge in [0.25, 0.3) is 0 Å². The number of nitrogen functional groups attached to an aromatic ring is 1. The Bertz CT molecular complexity index is 616. The minimum Gasteiger partial charge on any atom is -0.479 e. The van der Waals surface area contributed by atoms with E-state index >= 15 is 0 Å². The van der Waals surface area contributed by atoms with Crippen LogP contribution in [-0.2, 0) is 0 Å². The summed E-state index contributed by atoms with van der Waals surface area (Å²) in [6, 6.07) is 6.37. The fourth-order valence-electron chi connectivity index (χ4n) is 1.43. The van der Waals surface area contributed by atoms with E-state index in [2.05, 4.69) is 9.97 Å². The average molecular weight is 260 g/mol. The van der Waals surface area contributed by atoms with Gasteiger partial charge in [-0.3, -0.25) is 4.79 Å². The van der Waals surface area contributed by atoms with Crippen molar-refractivity contribution in [3.05, 3.63) is 36.2 Å². The quantitative estimate of drug-likeness (QED) is 0.846. The van der Waals surface area contributed by atoms with Crippen molar-refractivity contribution in [3.63, 3.8) is 0 Å². The summed E-state index contributed by atoms with van der Waals surface area (Å²) in [5.41, 5.74) is 11.5. The molecule has 2 aromatic rings. The van der Waals surface area contributed by atoms with Gasteiger partial charge >= 0.3 is 0 Å². The number of aromatic nitrogens is 2. The van der Waals surface area contributed by atoms with E-state index in [-0.39, 0.29) is 17.4 Å². The van der Waals surface area contributed by atoms with Gasteiger partial charge in [-0.2, -0.15) is 9.97 Å². The number of methoxy groups -OCH3 is 1. The SMILES string of the molecule is COc1ncnc(Oc2cccc(C(N)=O)c2)c1N. The van der Waals surface area contributed by atoms with Gasteiger partial charge in [-0.1, -0.05) is 6.07 Å². The number of rotatable bonds is 4. The van der Waals surface area contributed by atoms with Crippen LogP contribution in [0.25, 0.3) is 0 Å². The van der Waals surface area contributed by atoms with E-state index in [1.54, 1.807) is 18.2 Å². The molecule has 1 aromatic carbocycles. The van der Waals surface area contributed by atoms with Gasteiger partial charge < -0.3 is 20.9 Å². The number of ether oxygens (including phenoxy) is 2. The smallest absolute Gasteiger partial charge is 0.249 e. The second kappa shape index (κ2) is 5.21. The molecule has 0 radical (unpaired) electrons. The highest BCUT2D eigenvalue weighted by atomic mass is 16.5. The van der Waals surface area contributed by atoms with Gasteiger partial charge in [-0.15, -0.1) is 0 Å². The van der Waals surface area contributed by atoms with Crippen LogP contribution in [0.15, 0.2) is 30.6 Å². The molecule has 19 heavy (non-hydrogen) atoms. The number of nitrogens with two attached hydrogens (primary N) is 2. The monoisotopic (exact) mass is 260 g/mol. The average Bonchev–Trinajstić information content (AvgIpc) is 2.41. The number of nitrogens with zero attached hydrogens (tertiary/aromatic N) is 2. The van der Waals surface area contributed by atoms with Crippen LogP contribution in [0.3, 0.4) is 0 Å². The number of hydrogen-bond donors (Lipinski definition) is 2.